The molecule has 2 heteroatoms. The molecule has 1 nitrogen and oxygen atoms in total. The minimum absolute atomic E-state index is 0.244. The highest BCUT2D eigenvalue weighted by molar-refractivity contribution is 5.77. The van der Waals surface area contributed by atoms with Gasteiger partial charge in [-0.25, -0.2) is 4.39 Å². The number of halogens is 1. The molecule has 0 aliphatic carbocycles. The van der Waals surface area contributed by atoms with Crippen LogP contribution in [0.15, 0.2) is 30.5 Å². The van der Waals surface area contributed by atoms with E-state index in [1.165, 1.54) is 12.1 Å². The maximum atomic E-state index is 12.9. The van der Waals surface area contributed by atoms with Crippen molar-refractivity contribution in [1.82, 2.24) is 4.98 Å². The SMILES string of the molecule is Fc1cc[c]c2ncccc12. The monoisotopic (exact) mass is 146 g/mol. The molecule has 0 aliphatic rings. The second-order valence-corrected chi connectivity index (χ2v) is 2.23. The van der Waals surface area contributed by atoms with Gasteiger partial charge >= 0.3 is 0 Å². The predicted octanol–water partition coefficient (Wildman–Crippen LogP) is 2.17. The van der Waals surface area contributed by atoms with Gasteiger partial charge in [0.1, 0.15) is 5.82 Å². The Morgan fingerprint density at radius 2 is 2.27 bits per heavy atom. The number of benzene rings is 1. The summed E-state index contributed by atoms with van der Waals surface area (Å²) >= 11 is 0. The van der Waals surface area contributed by atoms with Gasteiger partial charge in [0.15, 0.2) is 0 Å². The predicted molar refractivity (Wildman–Crippen MR) is 40.5 cm³/mol. The molecule has 2 rings (SSSR count). The molecule has 1 aromatic heterocycles. The molecule has 1 radical (unpaired) electrons. The Morgan fingerprint density at radius 3 is 3.09 bits per heavy atom. The van der Waals surface area contributed by atoms with Gasteiger partial charge in [-0.15, -0.1) is 0 Å². The van der Waals surface area contributed by atoms with Gasteiger partial charge in [0.2, 0.25) is 0 Å². The van der Waals surface area contributed by atoms with E-state index in [1.54, 1.807) is 18.3 Å². The zero-order valence-corrected chi connectivity index (χ0v) is 5.71. The van der Waals surface area contributed by atoms with Crippen molar-refractivity contribution >= 4 is 10.9 Å². The molecule has 0 aliphatic heterocycles. The largest absolute Gasteiger partial charge is 0.255 e. The summed E-state index contributed by atoms with van der Waals surface area (Å²) in [4.78, 5) is 3.95. The summed E-state index contributed by atoms with van der Waals surface area (Å²) in [5, 5.41) is 0.523. The minimum Gasteiger partial charge on any atom is -0.255 e. The molecular weight excluding hydrogens is 141 g/mol. The normalized spacial score (nSPS) is 10.3. The fourth-order valence-electron chi connectivity index (χ4n) is 0.997. The zero-order valence-electron chi connectivity index (χ0n) is 5.71. The molecule has 0 fully saturated rings. The average molecular weight is 146 g/mol. The molecule has 1 aromatic carbocycles. The number of rotatable bonds is 0. The summed E-state index contributed by atoms with van der Waals surface area (Å²) in [5.41, 5.74) is 0.576. The molecule has 11 heavy (non-hydrogen) atoms. The molecule has 0 spiro atoms. The number of aromatic nitrogens is 1. The molecule has 1 heterocycles. The van der Waals surface area contributed by atoms with Gasteiger partial charge < -0.3 is 0 Å². The van der Waals surface area contributed by atoms with E-state index in [0.29, 0.717) is 10.9 Å². The Bertz CT molecular complexity index is 379. The van der Waals surface area contributed by atoms with Crippen LogP contribution in [0.2, 0.25) is 0 Å². The molecule has 0 unspecified atom stereocenters. The van der Waals surface area contributed by atoms with Gasteiger partial charge in [-0.3, -0.25) is 4.98 Å². The summed E-state index contributed by atoms with van der Waals surface area (Å²) in [6, 6.07) is 9.15. The zero-order chi connectivity index (χ0) is 7.68. The van der Waals surface area contributed by atoms with Gasteiger partial charge in [0.25, 0.3) is 0 Å². The van der Waals surface area contributed by atoms with E-state index < -0.39 is 0 Å². The fraction of sp³-hybridized carbons (Fsp3) is 0. The first-order valence-electron chi connectivity index (χ1n) is 3.29. The fourth-order valence-corrected chi connectivity index (χ4v) is 0.997. The number of hydrogen-bond acceptors (Lipinski definition) is 1. The molecule has 2 aromatic rings. The number of fused-ring (bicyclic) bond motifs is 1. The van der Waals surface area contributed by atoms with Gasteiger partial charge in [-0.1, -0.05) is 0 Å². The third-order valence-electron chi connectivity index (χ3n) is 1.51. The first-order valence-corrected chi connectivity index (χ1v) is 3.29. The molecule has 0 amide bonds. The number of nitrogens with zero attached hydrogens (tertiary/aromatic N) is 1. The molecule has 0 saturated heterocycles. The summed E-state index contributed by atoms with van der Waals surface area (Å²) in [6.45, 7) is 0. The Balaban J connectivity index is 2.91. The van der Waals surface area contributed by atoms with Crippen molar-refractivity contribution in [1.29, 1.82) is 0 Å². The molecule has 53 valence electrons. The Hall–Kier alpha value is -1.44. The Morgan fingerprint density at radius 1 is 1.36 bits per heavy atom. The maximum Gasteiger partial charge on any atom is 0.132 e. The number of pyridine rings is 1. The van der Waals surface area contributed by atoms with Crippen LogP contribution in [0.1, 0.15) is 0 Å². The summed E-state index contributed by atoms with van der Waals surface area (Å²) in [6.07, 6.45) is 1.62. The second kappa shape index (κ2) is 2.31. The first kappa shape index (κ1) is 6.28. The van der Waals surface area contributed by atoms with E-state index in [4.69, 9.17) is 0 Å². The number of hydrogen-bond donors (Lipinski definition) is 0. The van der Waals surface area contributed by atoms with Crippen LogP contribution >= 0.6 is 0 Å². The van der Waals surface area contributed by atoms with Crippen LogP contribution in [-0.4, -0.2) is 4.98 Å². The first-order chi connectivity index (χ1) is 5.38. The highest BCUT2D eigenvalue weighted by atomic mass is 19.1. The van der Waals surface area contributed by atoms with Gasteiger partial charge in [-0.2, -0.15) is 0 Å². The molecule has 0 N–H and O–H groups in total. The minimum atomic E-state index is -0.244. The topological polar surface area (TPSA) is 12.9 Å². The Labute approximate surface area is 63.5 Å². The molecule has 0 bridgehead atoms. The lowest BCUT2D eigenvalue weighted by Gasteiger charge is -1.94. The summed E-state index contributed by atoms with van der Waals surface area (Å²) in [5.74, 6) is -0.244. The lowest BCUT2D eigenvalue weighted by atomic mass is 10.2. The van der Waals surface area contributed by atoms with E-state index in [-0.39, 0.29) is 5.82 Å². The van der Waals surface area contributed by atoms with E-state index in [2.05, 4.69) is 11.1 Å². The lowest BCUT2D eigenvalue weighted by molar-refractivity contribution is 0.639. The Kier molecular flexibility index (Phi) is 1.32. The van der Waals surface area contributed by atoms with Gasteiger partial charge in [-0.05, 0) is 24.3 Å². The smallest absolute Gasteiger partial charge is 0.132 e. The average Bonchev–Trinajstić information content (AvgIpc) is 2.06. The van der Waals surface area contributed by atoms with Crippen molar-refractivity contribution in [3.05, 3.63) is 42.3 Å². The quantitative estimate of drug-likeness (QED) is 0.555. The van der Waals surface area contributed by atoms with Crippen molar-refractivity contribution in [2.24, 2.45) is 0 Å². The van der Waals surface area contributed by atoms with Crippen LogP contribution in [-0.2, 0) is 0 Å². The highest BCUT2D eigenvalue weighted by Gasteiger charge is 1.97. The van der Waals surface area contributed by atoms with Crippen LogP contribution in [0.4, 0.5) is 4.39 Å². The summed E-state index contributed by atoms with van der Waals surface area (Å²) in [7, 11) is 0. The highest BCUT2D eigenvalue weighted by Crippen LogP contribution is 2.12. The third kappa shape index (κ3) is 0.963. The van der Waals surface area contributed by atoms with Crippen molar-refractivity contribution in [2.75, 3.05) is 0 Å². The lowest BCUT2D eigenvalue weighted by Crippen LogP contribution is -1.80. The third-order valence-corrected chi connectivity index (χ3v) is 1.51. The molecule has 0 saturated carbocycles. The van der Waals surface area contributed by atoms with Crippen LogP contribution < -0.4 is 0 Å². The summed E-state index contributed by atoms with van der Waals surface area (Å²) < 4.78 is 12.9. The van der Waals surface area contributed by atoms with Crippen LogP contribution in [0, 0.1) is 11.9 Å². The van der Waals surface area contributed by atoms with Crippen LogP contribution in [0.5, 0.6) is 0 Å². The van der Waals surface area contributed by atoms with Crippen molar-refractivity contribution in [2.45, 2.75) is 0 Å². The second-order valence-electron chi connectivity index (χ2n) is 2.23. The standard InChI is InChI=1S/C9H5FN/c10-8-4-1-5-9-7(8)3-2-6-11-9/h1-4,6H. The van der Waals surface area contributed by atoms with Crippen molar-refractivity contribution in [3.63, 3.8) is 0 Å². The van der Waals surface area contributed by atoms with Crippen LogP contribution in [0.3, 0.4) is 0 Å². The van der Waals surface area contributed by atoms with Crippen molar-refractivity contribution in [3.8, 4) is 0 Å². The molecular formula is C9H5FN. The molecule has 0 atom stereocenters. The van der Waals surface area contributed by atoms with Gasteiger partial charge in [0, 0.05) is 17.6 Å². The van der Waals surface area contributed by atoms with E-state index >= 15 is 0 Å². The van der Waals surface area contributed by atoms with E-state index in [9.17, 15) is 4.39 Å². The maximum absolute atomic E-state index is 12.9. The van der Waals surface area contributed by atoms with Crippen molar-refractivity contribution < 1.29 is 4.39 Å². The van der Waals surface area contributed by atoms with Gasteiger partial charge in [0.05, 0.1) is 5.52 Å². The van der Waals surface area contributed by atoms with Crippen LogP contribution in [0.25, 0.3) is 10.9 Å². The van der Waals surface area contributed by atoms with E-state index in [0.717, 1.165) is 0 Å². The van der Waals surface area contributed by atoms with E-state index in [1.807, 2.05) is 0 Å².